The number of hydrogen-bond donors (Lipinski definition) is 3. The summed E-state index contributed by atoms with van der Waals surface area (Å²) < 4.78 is 47.0. The van der Waals surface area contributed by atoms with Crippen LogP contribution in [0.4, 0.5) is 14.9 Å². The van der Waals surface area contributed by atoms with E-state index in [9.17, 15) is 22.8 Å². The summed E-state index contributed by atoms with van der Waals surface area (Å²) in [6.07, 6.45) is 1.10. The molecule has 14 heteroatoms. The van der Waals surface area contributed by atoms with Gasteiger partial charge >= 0.3 is 6.09 Å². The highest BCUT2D eigenvalue weighted by molar-refractivity contribution is 7.90. The zero-order valence-corrected chi connectivity index (χ0v) is 22.4. The number of benzene rings is 2. The normalized spacial score (nSPS) is 14.2. The molecule has 1 aromatic heterocycles. The SMILES string of the molecule is COC(=O)Nc1ccc(-c2cc(F)c3nc(C(C(=O)NCC(=O)NC4CC4)S(=O)(=O)N(C)C)sc3c2)cc1. The van der Waals surface area contributed by atoms with Crippen LogP contribution in [-0.2, 0) is 24.3 Å². The Balaban J connectivity index is 1.64. The molecular weight excluding hydrogens is 537 g/mol. The van der Waals surface area contributed by atoms with E-state index in [4.69, 9.17) is 0 Å². The van der Waals surface area contributed by atoms with Crippen molar-refractivity contribution >= 4 is 55.2 Å². The molecular formula is C24H26FN5O6S2. The van der Waals surface area contributed by atoms with E-state index < -0.39 is 39.0 Å². The van der Waals surface area contributed by atoms with Crippen LogP contribution in [0.15, 0.2) is 36.4 Å². The van der Waals surface area contributed by atoms with Crippen LogP contribution in [0.2, 0.25) is 0 Å². The molecule has 2 aromatic carbocycles. The summed E-state index contributed by atoms with van der Waals surface area (Å²) in [7, 11) is -0.419. The molecule has 1 fully saturated rings. The van der Waals surface area contributed by atoms with E-state index >= 15 is 4.39 Å². The van der Waals surface area contributed by atoms with Crippen molar-refractivity contribution in [1.29, 1.82) is 0 Å². The van der Waals surface area contributed by atoms with E-state index in [1.165, 1.54) is 27.3 Å². The van der Waals surface area contributed by atoms with Crippen molar-refractivity contribution < 1.29 is 31.9 Å². The van der Waals surface area contributed by atoms with Crippen LogP contribution in [0.25, 0.3) is 21.3 Å². The molecule has 3 aromatic rings. The lowest BCUT2D eigenvalue weighted by Crippen LogP contribution is -2.43. The number of anilines is 1. The fraction of sp³-hybridized carbons (Fsp3) is 0.333. The lowest BCUT2D eigenvalue weighted by Gasteiger charge is -2.19. The number of fused-ring (bicyclic) bond motifs is 1. The van der Waals surface area contributed by atoms with Crippen molar-refractivity contribution in [2.45, 2.75) is 24.1 Å². The number of carbonyl (C=O) groups excluding carboxylic acids is 3. The molecule has 1 saturated carbocycles. The van der Waals surface area contributed by atoms with Gasteiger partial charge in [-0.25, -0.2) is 26.9 Å². The Hall–Kier alpha value is -3.62. The second-order valence-corrected chi connectivity index (χ2v) is 12.1. The average Bonchev–Trinajstić information content (AvgIpc) is 3.58. The molecule has 1 heterocycles. The van der Waals surface area contributed by atoms with Gasteiger partial charge in [0.05, 0.1) is 18.4 Å². The molecule has 1 aliphatic carbocycles. The van der Waals surface area contributed by atoms with Gasteiger partial charge in [-0.1, -0.05) is 12.1 Å². The van der Waals surface area contributed by atoms with Crippen LogP contribution < -0.4 is 16.0 Å². The number of nitrogens with one attached hydrogen (secondary N) is 3. The molecule has 11 nitrogen and oxygen atoms in total. The summed E-state index contributed by atoms with van der Waals surface area (Å²) >= 11 is 0.879. The first kappa shape index (κ1) is 27.4. The van der Waals surface area contributed by atoms with Gasteiger partial charge in [0, 0.05) is 25.8 Å². The molecule has 0 spiro atoms. The molecule has 0 radical (unpaired) electrons. The predicted molar refractivity (Wildman–Crippen MR) is 141 cm³/mol. The molecule has 0 bridgehead atoms. The Morgan fingerprint density at radius 2 is 1.84 bits per heavy atom. The lowest BCUT2D eigenvalue weighted by molar-refractivity contribution is -0.126. The molecule has 0 aliphatic heterocycles. The summed E-state index contributed by atoms with van der Waals surface area (Å²) in [5.41, 5.74) is 1.53. The van der Waals surface area contributed by atoms with Gasteiger partial charge in [-0.15, -0.1) is 11.3 Å². The van der Waals surface area contributed by atoms with Gasteiger partial charge in [0.1, 0.15) is 10.5 Å². The summed E-state index contributed by atoms with van der Waals surface area (Å²) in [4.78, 5) is 40.6. The predicted octanol–water partition coefficient (Wildman–Crippen LogP) is 2.61. The fourth-order valence-electron chi connectivity index (χ4n) is 3.55. The summed E-state index contributed by atoms with van der Waals surface area (Å²) in [5, 5.41) is 5.72. The molecule has 202 valence electrons. The van der Waals surface area contributed by atoms with Crippen LogP contribution >= 0.6 is 11.3 Å². The highest BCUT2D eigenvalue weighted by Gasteiger charge is 2.39. The Morgan fingerprint density at radius 3 is 2.45 bits per heavy atom. The third kappa shape index (κ3) is 6.09. The van der Waals surface area contributed by atoms with Gasteiger partial charge in [-0.2, -0.15) is 0 Å². The highest BCUT2D eigenvalue weighted by Crippen LogP contribution is 2.36. The number of thiazole rings is 1. The van der Waals surface area contributed by atoms with Gasteiger partial charge < -0.3 is 15.4 Å². The Morgan fingerprint density at radius 1 is 1.16 bits per heavy atom. The van der Waals surface area contributed by atoms with E-state index in [1.54, 1.807) is 30.3 Å². The zero-order chi connectivity index (χ0) is 27.6. The van der Waals surface area contributed by atoms with E-state index in [0.717, 1.165) is 28.5 Å². The van der Waals surface area contributed by atoms with Crippen LogP contribution in [0, 0.1) is 5.82 Å². The van der Waals surface area contributed by atoms with Crippen molar-refractivity contribution in [3.05, 3.63) is 47.2 Å². The zero-order valence-electron chi connectivity index (χ0n) is 20.8. The number of methoxy groups -OCH3 is 1. The maximum Gasteiger partial charge on any atom is 0.411 e. The molecule has 38 heavy (non-hydrogen) atoms. The Labute approximate surface area is 222 Å². The minimum atomic E-state index is -4.22. The molecule has 3 N–H and O–H groups in total. The first-order valence-electron chi connectivity index (χ1n) is 11.5. The third-order valence-electron chi connectivity index (χ3n) is 5.75. The molecule has 3 amide bonds. The number of sulfonamides is 1. The van der Waals surface area contributed by atoms with Crippen LogP contribution in [0.1, 0.15) is 23.1 Å². The molecule has 4 rings (SSSR count). The second kappa shape index (κ2) is 11.0. The standard InChI is InChI=1S/C24H26FN5O6S2/c1-30(2)38(34,35)21(22(32)26-12-19(31)27-15-8-9-15)23-29-20-17(25)10-14(11-18(20)37-23)13-4-6-16(7-5-13)28-24(33)36-3/h4-7,10-11,15,21H,8-9,12H2,1-3H3,(H,26,32)(H,27,31)(H,28,33). The second-order valence-electron chi connectivity index (χ2n) is 8.82. The topological polar surface area (TPSA) is 147 Å². The highest BCUT2D eigenvalue weighted by atomic mass is 32.2. The quantitative estimate of drug-likeness (QED) is 0.363. The minimum absolute atomic E-state index is 0.0732. The maximum absolute atomic E-state index is 15.1. The minimum Gasteiger partial charge on any atom is -0.453 e. The smallest absolute Gasteiger partial charge is 0.411 e. The first-order valence-corrected chi connectivity index (χ1v) is 13.9. The van der Waals surface area contributed by atoms with Crippen LogP contribution in [0.5, 0.6) is 0 Å². The average molecular weight is 564 g/mol. The van der Waals surface area contributed by atoms with Gasteiger partial charge in [0.15, 0.2) is 5.82 Å². The van der Waals surface area contributed by atoms with E-state index in [0.29, 0.717) is 21.5 Å². The number of halogens is 1. The number of nitrogens with zero attached hydrogens (tertiary/aromatic N) is 2. The maximum atomic E-state index is 15.1. The fourth-order valence-corrected chi connectivity index (χ4v) is 6.15. The summed E-state index contributed by atoms with van der Waals surface area (Å²) in [6.45, 7) is -0.390. The number of carbonyl (C=O) groups is 3. The summed E-state index contributed by atoms with van der Waals surface area (Å²) in [6, 6.07) is 9.57. The largest absolute Gasteiger partial charge is 0.453 e. The third-order valence-corrected chi connectivity index (χ3v) is 9.02. The number of ether oxygens (including phenoxy) is 1. The van der Waals surface area contributed by atoms with Crippen molar-refractivity contribution in [2.24, 2.45) is 0 Å². The molecule has 0 saturated heterocycles. The van der Waals surface area contributed by atoms with E-state index in [2.05, 4.69) is 25.7 Å². The van der Waals surface area contributed by atoms with Gasteiger partial charge in [0.25, 0.3) is 0 Å². The monoisotopic (exact) mass is 563 g/mol. The number of hydrogen-bond acceptors (Lipinski definition) is 8. The van der Waals surface area contributed by atoms with Crippen LogP contribution in [0.3, 0.4) is 0 Å². The van der Waals surface area contributed by atoms with Gasteiger partial charge in [-0.05, 0) is 48.2 Å². The lowest BCUT2D eigenvalue weighted by atomic mass is 10.0. The Kier molecular flexibility index (Phi) is 7.94. The van der Waals surface area contributed by atoms with E-state index in [1.807, 2.05) is 0 Å². The number of aromatic nitrogens is 1. The van der Waals surface area contributed by atoms with Crippen molar-refractivity contribution in [3.8, 4) is 11.1 Å². The van der Waals surface area contributed by atoms with Gasteiger partial charge in [-0.3, -0.25) is 14.9 Å². The number of amides is 3. The Bertz CT molecular complexity index is 1490. The molecule has 1 aliphatic rings. The van der Waals surface area contributed by atoms with Crippen LogP contribution in [-0.4, -0.2) is 69.4 Å². The molecule has 1 unspecified atom stereocenters. The number of rotatable bonds is 9. The van der Waals surface area contributed by atoms with Crippen molar-refractivity contribution in [2.75, 3.05) is 33.1 Å². The summed E-state index contributed by atoms with van der Waals surface area (Å²) in [5.74, 6) is -2.05. The van der Waals surface area contributed by atoms with E-state index in [-0.39, 0.29) is 23.1 Å². The molecule has 1 atom stereocenters. The van der Waals surface area contributed by atoms with Gasteiger partial charge in [0.2, 0.25) is 27.1 Å². The van der Waals surface area contributed by atoms with Crippen molar-refractivity contribution in [3.63, 3.8) is 0 Å². The first-order chi connectivity index (χ1) is 18.0. The van der Waals surface area contributed by atoms with Crippen molar-refractivity contribution in [1.82, 2.24) is 19.9 Å².